The molecule has 1 aliphatic carbocycles. The molecule has 208 valence electrons. The van der Waals surface area contributed by atoms with Gasteiger partial charge in [-0.2, -0.15) is 4.98 Å². The highest BCUT2D eigenvalue weighted by molar-refractivity contribution is 7.93. The van der Waals surface area contributed by atoms with E-state index in [2.05, 4.69) is 27.2 Å². The SMILES string of the molecule is CN(c1ccc(Nc2ncc3c(n2)N(S(=O)(=O)c2cccc4cccnc24)CC3(C)C)cc1)C1CCC(O)CC1. The predicted octanol–water partition coefficient (Wildman–Crippen LogP) is 4.99. The molecule has 2 aromatic carbocycles. The summed E-state index contributed by atoms with van der Waals surface area (Å²) in [4.78, 5) is 16.0. The van der Waals surface area contributed by atoms with Gasteiger partial charge >= 0.3 is 0 Å². The molecule has 2 N–H and O–H groups in total. The Bertz CT molecular complexity index is 1640. The van der Waals surface area contributed by atoms with Crippen LogP contribution in [0.25, 0.3) is 10.9 Å². The molecule has 3 heterocycles. The molecule has 0 bridgehead atoms. The molecule has 9 nitrogen and oxygen atoms in total. The Balaban J connectivity index is 1.27. The van der Waals surface area contributed by atoms with Crippen LogP contribution in [0.2, 0.25) is 0 Å². The van der Waals surface area contributed by atoms with Crippen molar-refractivity contribution in [1.82, 2.24) is 15.0 Å². The minimum Gasteiger partial charge on any atom is -0.393 e. The van der Waals surface area contributed by atoms with Gasteiger partial charge in [-0.05, 0) is 62.1 Å². The first-order chi connectivity index (χ1) is 19.1. The van der Waals surface area contributed by atoms with E-state index in [1.54, 1.807) is 30.6 Å². The Morgan fingerprint density at radius 3 is 2.48 bits per heavy atom. The van der Waals surface area contributed by atoms with Crippen LogP contribution in [0.15, 0.2) is 71.9 Å². The van der Waals surface area contributed by atoms with Crippen molar-refractivity contribution in [2.45, 2.75) is 62.0 Å². The lowest BCUT2D eigenvalue weighted by Gasteiger charge is -2.34. The minimum absolute atomic E-state index is 0.162. The van der Waals surface area contributed by atoms with Gasteiger partial charge in [0.25, 0.3) is 10.0 Å². The fourth-order valence-electron chi connectivity index (χ4n) is 5.79. The average molecular weight is 559 g/mol. The zero-order valence-electron chi connectivity index (χ0n) is 22.9. The number of aromatic nitrogens is 3. The Labute approximate surface area is 235 Å². The highest BCUT2D eigenvalue weighted by Gasteiger charge is 2.43. The van der Waals surface area contributed by atoms with Crippen molar-refractivity contribution >= 4 is 44.1 Å². The Hall–Kier alpha value is -3.76. The molecule has 0 amide bonds. The summed E-state index contributed by atoms with van der Waals surface area (Å²) < 4.78 is 29.4. The van der Waals surface area contributed by atoms with Gasteiger partial charge in [0, 0.05) is 59.8 Å². The van der Waals surface area contributed by atoms with E-state index in [0.29, 0.717) is 23.3 Å². The second-order valence-electron chi connectivity index (χ2n) is 11.4. The normalized spacial score (nSPS) is 20.4. The molecule has 1 saturated carbocycles. The average Bonchev–Trinajstić information content (AvgIpc) is 3.23. The van der Waals surface area contributed by atoms with E-state index < -0.39 is 15.4 Å². The van der Waals surface area contributed by atoms with Crippen LogP contribution in [0, 0.1) is 0 Å². The predicted molar refractivity (Wildman–Crippen MR) is 158 cm³/mol. The van der Waals surface area contributed by atoms with Gasteiger partial charge in [-0.25, -0.2) is 17.7 Å². The quantitative estimate of drug-likeness (QED) is 0.340. The molecule has 0 spiro atoms. The van der Waals surface area contributed by atoms with Gasteiger partial charge in [0.2, 0.25) is 5.95 Å². The standard InChI is InChI=1S/C30H34N6O3S/c1-30(2)19-36(40(38,39)26-8-4-6-20-7-5-17-31-27(20)26)28-25(30)18-32-29(34-28)33-21-9-11-22(12-10-21)35(3)23-13-15-24(37)16-14-23/h4-12,17-18,23-24,37H,13-16,19H2,1-3H3,(H,32,33,34). The fraction of sp³-hybridized carbons (Fsp3) is 0.367. The van der Waals surface area contributed by atoms with E-state index in [-0.39, 0.29) is 17.5 Å². The van der Waals surface area contributed by atoms with Crippen LogP contribution in [0.4, 0.5) is 23.1 Å². The van der Waals surface area contributed by atoms with Crippen LogP contribution in [0.3, 0.4) is 0 Å². The molecule has 4 aromatic rings. The lowest BCUT2D eigenvalue weighted by atomic mass is 9.89. The number of anilines is 4. The van der Waals surface area contributed by atoms with Crippen LogP contribution in [0.1, 0.15) is 45.1 Å². The number of hydrogen-bond donors (Lipinski definition) is 2. The summed E-state index contributed by atoms with van der Waals surface area (Å²) in [5.74, 6) is 0.710. The zero-order chi connectivity index (χ0) is 28.1. The number of aliphatic hydroxyl groups excluding tert-OH is 1. The van der Waals surface area contributed by atoms with Crippen molar-refractivity contribution in [1.29, 1.82) is 0 Å². The third kappa shape index (κ3) is 4.75. The molecule has 0 radical (unpaired) electrons. The highest BCUT2D eigenvalue weighted by atomic mass is 32.2. The van der Waals surface area contributed by atoms with Gasteiger partial charge in [0.15, 0.2) is 5.82 Å². The first-order valence-electron chi connectivity index (χ1n) is 13.7. The van der Waals surface area contributed by atoms with Crippen molar-refractivity contribution in [2.24, 2.45) is 0 Å². The van der Waals surface area contributed by atoms with E-state index in [0.717, 1.165) is 48.0 Å². The first-order valence-corrected chi connectivity index (χ1v) is 15.1. The van der Waals surface area contributed by atoms with Crippen LogP contribution in [0.5, 0.6) is 0 Å². The number of benzene rings is 2. The molecule has 6 rings (SSSR count). The number of fused-ring (bicyclic) bond motifs is 2. The lowest BCUT2D eigenvalue weighted by molar-refractivity contribution is 0.122. The van der Waals surface area contributed by atoms with Crippen LogP contribution >= 0.6 is 0 Å². The van der Waals surface area contributed by atoms with Gasteiger partial charge in [-0.3, -0.25) is 4.98 Å². The Kier molecular flexibility index (Phi) is 6.62. The van der Waals surface area contributed by atoms with Crippen molar-refractivity contribution in [2.75, 3.05) is 28.1 Å². The molecule has 2 aromatic heterocycles. The molecule has 1 fully saturated rings. The number of nitrogens with zero attached hydrogens (tertiary/aromatic N) is 5. The minimum atomic E-state index is -3.94. The molecule has 10 heteroatoms. The Morgan fingerprint density at radius 2 is 1.73 bits per heavy atom. The van der Waals surface area contributed by atoms with E-state index >= 15 is 0 Å². The van der Waals surface area contributed by atoms with Gasteiger partial charge in [-0.1, -0.05) is 32.0 Å². The van der Waals surface area contributed by atoms with E-state index in [4.69, 9.17) is 4.98 Å². The molecule has 0 unspecified atom stereocenters. The molecule has 0 atom stereocenters. The third-order valence-electron chi connectivity index (χ3n) is 8.18. The number of sulfonamides is 1. The van der Waals surface area contributed by atoms with Crippen LogP contribution < -0.4 is 14.5 Å². The topological polar surface area (TPSA) is 112 Å². The summed E-state index contributed by atoms with van der Waals surface area (Å²) in [5, 5.41) is 13.8. The number of nitrogens with one attached hydrogen (secondary N) is 1. The number of aliphatic hydroxyl groups is 1. The maximum atomic E-state index is 14.0. The van der Waals surface area contributed by atoms with Crippen molar-refractivity contribution in [3.63, 3.8) is 0 Å². The Morgan fingerprint density at radius 1 is 1.00 bits per heavy atom. The van der Waals surface area contributed by atoms with E-state index in [1.165, 1.54) is 4.31 Å². The number of pyridine rings is 1. The second kappa shape index (κ2) is 10.0. The van der Waals surface area contributed by atoms with E-state index in [9.17, 15) is 13.5 Å². The van der Waals surface area contributed by atoms with Crippen molar-refractivity contribution < 1.29 is 13.5 Å². The monoisotopic (exact) mass is 558 g/mol. The number of para-hydroxylation sites is 1. The summed E-state index contributed by atoms with van der Waals surface area (Å²) in [6.45, 7) is 4.26. The summed E-state index contributed by atoms with van der Waals surface area (Å²) >= 11 is 0. The van der Waals surface area contributed by atoms with Gasteiger partial charge in [-0.15, -0.1) is 0 Å². The van der Waals surface area contributed by atoms with Gasteiger partial charge < -0.3 is 15.3 Å². The summed E-state index contributed by atoms with van der Waals surface area (Å²) in [5.41, 5.74) is 2.67. The maximum absolute atomic E-state index is 14.0. The fourth-order valence-corrected chi connectivity index (χ4v) is 7.55. The third-order valence-corrected chi connectivity index (χ3v) is 9.95. The van der Waals surface area contributed by atoms with Crippen LogP contribution in [-0.4, -0.2) is 54.2 Å². The molecule has 2 aliphatic rings. The maximum Gasteiger partial charge on any atom is 0.267 e. The number of rotatable bonds is 6. The van der Waals surface area contributed by atoms with Gasteiger partial charge in [0.1, 0.15) is 4.90 Å². The first kappa shape index (κ1) is 26.5. The summed E-state index contributed by atoms with van der Waals surface area (Å²) in [7, 11) is -1.84. The molecule has 1 aliphatic heterocycles. The smallest absolute Gasteiger partial charge is 0.267 e. The van der Waals surface area contributed by atoms with E-state index in [1.807, 2.05) is 50.2 Å². The molecule has 0 saturated heterocycles. The molecule has 40 heavy (non-hydrogen) atoms. The van der Waals surface area contributed by atoms with Crippen LogP contribution in [-0.2, 0) is 15.4 Å². The van der Waals surface area contributed by atoms with Crippen molar-refractivity contribution in [3.05, 3.63) is 72.6 Å². The molecular formula is C30H34N6O3S. The van der Waals surface area contributed by atoms with Crippen molar-refractivity contribution in [3.8, 4) is 0 Å². The number of hydrogen-bond acceptors (Lipinski definition) is 8. The summed E-state index contributed by atoms with van der Waals surface area (Å²) in [6, 6.07) is 17.3. The highest BCUT2D eigenvalue weighted by Crippen LogP contribution is 2.42. The lowest BCUT2D eigenvalue weighted by Crippen LogP contribution is -2.36. The van der Waals surface area contributed by atoms with Gasteiger partial charge in [0.05, 0.1) is 11.6 Å². The summed E-state index contributed by atoms with van der Waals surface area (Å²) in [6.07, 6.45) is 6.78. The molecular weight excluding hydrogens is 524 g/mol. The second-order valence-corrected chi connectivity index (χ2v) is 13.2. The largest absolute Gasteiger partial charge is 0.393 e. The zero-order valence-corrected chi connectivity index (χ0v) is 23.8.